The number of nitrogens with zero attached hydrogens (tertiary/aromatic N) is 3. The van der Waals surface area contributed by atoms with Gasteiger partial charge >= 0.3 is 0 Å². The molecule has 6 nitrogen and oxygen atoms in total. The van der Waals surface area contributed by atoms with Gasteiger partial charge in [-0.3, -0.25) is 19.9 Å². The second-order valence-corrected chi connectivity index (χ2v) is 5.71. The van der Waals surface area contributed by atoms with Gasteiger partial charge in [-0.2, -0.15) is 5.10 Å². The van der Waals surface area contributed by atoms with E-state index in [0.717, 1.165) is 27.7 Å². The molecule has 0 aliphatic rings. The number of H-pyrrole nitrogens is 1. The van der Waals surface area contributed by atoms with Crippen molar-refractivity contribution in [3.05, 3.63) is 72.4 Å². The molecule has 0 spiro atoms. The number of amides is 1. The summed E-state index contributed by atoms with van der Waals surface area (Å²) >= 11 is 0. The van der Waals surface area contributed by atoms with E-state index in [1.807, 2.05) is 43.3 Å². The predicted molar refractivity (Wildman–Crippen MR) is 96.3 cm³/mol. The first-order valence-electron chi connectivity index (χ1n) is 7.83. The van der Waals surface area contributed by atoms with E-state index in [1.54, 1.807) is 24.7 Å². The number of carbonyl (C=O) groups is 1. The standard InChI is InChI=1S/C19H15N5O/c1-12-9-15(6-8-21-12)22-19(25)18-16-10-13(4-5-17(16)23-24-18)14-3-2-7-20-11-14/h2-11H,1H3,(H,23,24)(H,21,22,25). The summed E-state index contributed by atoms with van der Waals surface area (Å²) in [5, 5.41) is 10.7. The SMILES string of the molecule is Cc1cc(NC(=O)c2n[nH]c3ccc(-c4cccnc4)cc23)ccn1. The number of aryl methyl sites for hydroxylation is 1. The summed E-state index contributed by atoms with van der Waals surface area (Å²) < 4.78 is 0. The lowest BCUT2D eigenvalue weighted by atomic mass is 10.0. The summed E-state index contributed by atoms with van der Waals surface area (Å²) in [4.78, 5) is 20.9. The number of benzene rings is 1. The van der Waals surface area contributed by atoms with E-state index in [4.69, 9.17) is 0 Å². The van der Waals surface area contributed by atoms with Crippen molar-refractivity contribution in [1.29, 1.82) is 0 Å². The van der Waals surface area contributed by atoms with Gasteiger partial charge in [0, 0.05) is 40.9 Å². The first-order chi connectivity index (χ1) is 12.2. The predicted octanol–water partition coefficient (Wildman–Crippen LogP) is 3.58. The number of fused-ring (bicyclic) bond motifs is 1. The highest BCUT2D eigenvalue weighted by Crippen LogP contribution is 2.25. The van der Waals surface area contributed by atoms with Gasteiger partial charge in [0.1, 0.15) is 0 Å². The number of nitrogens with one attached hydrogen (secondary N) is 2. The molecule has 122 valence electrons. The maximum atomic E-state index is 12.6. The summed E-state index contributed by atoms with van der Waals surface area (Å²) in [6.45, 7) is 1.87. The number of pyridine rings is 2. The molecule has 1 amide bonds. The first kappa shape index (κ1) is 15.0. The number of hydrogen-bond donors (Lipinski definition) is 2. The zero-order valence-electron chi connectivity index (χ0n) is 13.5. The number of rotatable bonds is 3. The molecule has 0 saturated heterocycles. The lowest BCUT2D eigenvalue weighted by Gasteiger charge is -2.05. The topological polar surface area (TPSA) is 83.6 Å². The summed E-state index contributed by atoms with van der Waals surface area (Å²) in [6.07, 6.45) is 5.18. The molecule has 0 bridgehead atoms. The summed E-state index contributed by atoms with van der Waals surface area (Å²) in [5.41, 5.74) is 4.66. The average Bonchev–Trinajstić information content (AvgIpc) is 3.06. The van der Waals surface area contributed by atoms with Crippen molar-refractivity contribution in [2.24, 2.45) is 0 Å². The Kier molecular flexibility index (Phi) is 3.70. The smallest absolute Gasteiger partial charge is 0.276 e. The van der Waals surface area contributed by atoms with Crippen molar-refractivity contribution in [2.45, 2.75) is 6.92 Å². The van der Waals surface area contributed by atoms with Gasteiger partial charge in [0.05, 0.1) is 5.52 Å². The van der Waals surface area contributed by atoms with E-state index in [-0.39, 0.29) is 5.91 Å². The fourth-order valence-electron chi connectivity index (χ4n) is 2.71. The van der Waals surface area contributed by atoms with Gasteiger partial charge < -0.3 is 5.32 Å². The third-order valence-corrected chi connectivity index (χ3v) is 3.93. The van der Waals surface area contributed by atoms with Gasteiger partial charge in [0.15, 0.2) is 5.69 Å². The molecule has 0 aliphatic heterocycles. The van der Waals surface area contributed by atoms with Crippen LogP contribution in [0.1, 0.15) is 16.2 Å². The zero-order chi connectivity index (χ0) is 17.2. The number of aromatic amines is 1. The Morgan fingerprint density at radius 1 is 1.08 bits per heavy atom. The van der Waals surface area contributed by atoms with Gasteiger partial charge in [-0.1, -0.05) is 12.1 Å². The molecule has 2 N–H and O–H groups in total. The lowest BCUT2D eigenvalue weighted by Crippen LogP contribution is -2.13. The molecule has 3 heterocycles. The highest BCUT2D eigenvalue weighted by atomic mass is 16.1. The van der Waals surface area contributed by atoms with Crippen LogP contribution in [0.2, 0.25) is 0 Å². The van der Waals surface area contributed by atoms with E-state index < -0.39 is 0 Å². The van der Waals surface area contributed by atoms with Crippen LogP contribution < -0.4 is 5.32 Å². The molecule has 0 unspecified atom stereocenters. The second-order valence-electron chi connectivity index (χ2n) is 5.71. The molecule has 25 heavy (non-hydrogen) atoms. The zero-order valence-corrected chi connectivity index (χ0v) is 13.5. The Morgan fingerprint density at radius 3 is 2.80 bits per heavy atom. The molecule has 0 atom stereocenters. The van der Waals surface area contributed by atoms with E-state index in [0.29, 0.717) is 11.4 Å². The average molecular weight is 329 g/mol. The van der Waals surface area contributed by atoms with E-state index >= 15 is 0 Å². The first-order valence-corrected chi connectivity index (χ1v) is 7.83. The minimum atomic E-state index is -0.264. The van der Waals surface area contributed by atoms with Crippen molar-refractivity contribution in [3.63, 3.8) is 0 Å². The van der Waals surface area contributed by atoms with Crippen molar-refractivity contribution in [2.75, 3.05) is 5.32 Å². The fraction of sp³-hybridized carbons (Fsp3) is 0.0526. The third kappa shape index (κ3) is 2.97. The number of anilines is 1. The molecule has 0 aliphatic carbocycles. The minimum absolute atomic E-state index is 0.264. The van der Waals surface area contributed by atoms with Gasteiger partial charge in [-0.15, -0.1) is 0 Å². The van der Waals surface area contributed by atoms with Crippen LogP contribution in [0.3, 0.4) is 0 Å². The van der Waals surface area contributed by atoms with Crippen molar-refractivity contribution < 1.29 is 4.79 Å². The van der Waals surface area contributed by atoms with E-state index in [1.165, 1.54) is 0 Å². The third-order valence-electron chi connectivity index (χ3n) is 3.93. The van der Waals surface area contributed by atoms with E-state index in [2.05, 4.69) is 25.5 Å². The van der Waals surface area contributed by atoms with E-state index in [9.17, 15) is 4.79 Å². The van der Waals surface area contributed by atoms with Crippen LogP contribution in [-0.2, 0) is 0 Å². The molecule has 0 radical (unpaired) electrons. The van der Waals surface area contributed by atoms with Gasteiger partial charge in [-0.05, 0) is 42.8 Å². The van der Waals surface area contributed by atoms with Crippen LogP contribution in [0, 0.1) is 6.92 Å². The summed E-state index contributed by atoms with van der Waals surface area (Å²) in [5.74, 6) is -0.264. The Bertz CT molecular complexity index is 1060. The lowest BCUT2D eigenvalue weighted by molar-refractivity contribution is 0.102. The summed E-state index contributed by atoms with van der Waals surface area (Å²) in [7, 11) is 0. The van der Waals surface area contributed by atoms with Gasteiger partial charge in [0.2, 0.25) is 0 Å². The second kappa shape index (κ2) is 6.16. The quantitative estimate of drug-likeness (QED) is 0.602. The molecule has 0 fully saturated rings. The van der Waals surface area contributed by atoms with Crippen molar-refractivity contribution in [1.82, 2.24) is 20.2 Å². The molecule has 1 aromatic carbocycles. The molecule has 3 aromatic heterocycles. The van der Waals surface area contributed by atoms with Crippen LogP contribution in [0.15, 0.2) is 61.1 Å². The largest absolute Gasteiger partial charge is 0.320 e. The Hall–Kier alpha value is -3.54. The molecular formula is C19H15N5O. The molecule has 0 saturated carbocycles. The number of carbonyl (C=O) groups excluding carboxylic acids is 1. The van der Waals surface area contributed by atoms with Crippen LogP contribution in [-0.4, -0.2) is 26.1 Å². The van der Waals surface area contributed by atoms with Crippen LogP contribution in [0.4, 0.5) is 5.69 Å². The van der Waals surface area contributed by atoms with Crippen LogP contribution >= 0.6 is 0 Å². The molecule has 4 rings (SSSR count). The Balaban J connectivity index is 1.71. The summed E-state index contributed by atoms with van der Waals surface area (Å²) in [6, 6.07) is 13.3. The fourth-order valence-corrected chi connectivity index (χ4v) is 2.71. The maximum Gasteiger partial charge on any atom is 0.276 e. The van der Waals surface area contributed by atoms with Gasteiger partial charge in [-0.25, -0.2) is 0 Å². The number of aromatic nitrogens is 4. The number of hydrogen-bond acceptors (Lipinski definition) is 4. The maximum absolute atomic E-state index is 12.6. The van der Waals surface area contributed by atoms with Crippen LogP contribution in [0.25, 0.3) is 22.0 Å². The van der Waals surface area contributed by atoms with Crippen molar-refractivity contribution in [3.8, 4) is 11.1 Å². The molecule has 6 heteroatoms. The minimum Gasteiger partial charge on any atom is -0.320 e. The molecular weight excluding hydrogens is 314 g/mol. The highest BCUT2D eigenvalue weighted by Gasteiger charge is 2.15. The monoisotopic (exact) mass is 329 g/mol. The Labute approximate surface area is 144 Å². The Morgan fingerprint density at radius 2 is 2.00 bits per heavy atom. The van der Waals surface area contributed by atoms with Crippen molar-refractivity contribution >= 4 is 22.5 Å². The highest BCUT2D eigenvalue weighted by molar-refractivity contribution is 6.11. The molecule has 4 aromatic rings. The van der Waals surface area contributed by atoms with Crippen LogP contribution in [0.5, 0.6) is 0 Å². The van der Waals surface area contributed by atoms with Gasteiger partial charge in [0.25, 0.3) is 5.91 Å². The normalized spacial score (nSPS) is 10.8.